The molecule has 1 aliphatic rings. The van der Waals surface area contributed by atoms with Gasteiger partial charge in [0, 0.05) is 18.3 Å². The number of alkyl halides is 3. The van der Waals surface area contributed by atoms with Crippen LogP contribution in [0.4, 0.5) is 13.2 Å². The predicted molar refractivity (Wildman–Crippen MR) is 68.1 cm³/mol. The first-order valence-corrected chi connectivity index (χ1v) is 7.03. The van der Waals surface area contributed by atoms with E-state index in [2.05, 4.69) is 10.3 Å². The third kappa shape index (κ3) is 6.15. The van der Waals surface area contributed by atoms with Gasteiger partial charge in [0.1, 0.15) is 5.75 Å². The normalized spacial score (nSPS) is 15.5. The van der Waals surface area contributed by atoms with Gasteiger partial charge < -0.3 is 10.1 Å². The summed E-state index contributed by atoms with van der Waals surface area (Å²) in [4.78, 5) is 4.19. The highest BCUT2D eigenvalue weighted by Crippen LogP contribution is 2.29. The maximum absolute atomic E-state index is 11.9. The molecule has 0 unspecified atom stereocenters. The van der Waals surface area contributed by atoms with Crippen molar-refractivity contribution in [1.29, 1.82) is 0 Å². The monoisotopic (exact) mass is 292 g/mol. The summed E-state index contributed by atoms with van der Waals surface area (Å²) in [6, 6.07) is 4.17. The van der Waals surface area contributed by atoms with E-state index in [0.717, 1.165) is 12.2 Å². The van der Waals surface area contributed by atoms with Crippen molar-refractivity contribution in [2.45, 2.75) is 30.9 Å². The van der Waals surface area contributed by atoms with Crippen LogP contribution in [-0.2, 0) is 6.54 Å². The molecule has 1 aliphatic carbocycles. The molecule has 106 valence electrons. The number of halogens is 3. The Bertz CT molecular complexity index is 393. The Morgan fingerprint density at radius 2 is 2.16 bits per heavy atom. The Morgan fingerprint density at radius 3 is 2.74 bits per heavy atom. The molecular weight excluding hydrogens is 277 g/mol. The quantitative estimate of drug-likeness (QED) is 0.784. The van der Waals surface area contributed by atoms with Crippen LogP contribution in [0.5, 0.6) is 5.75 Å². The molecule has 0 spiro atoms. The summed E-state index contributed by atoms with van der Waals surface area (Å²) >= 11 is -0.0812. The van der Waals surface area contributed by atoms with E-state index in [1.807, 2.05) is 6.07 Å². The number of hydrogen-bond acceptors (Lipinski definition) is 4. The van der Waals surface area contributed by atoms with Gasteiger partial charge in [0.15, 0.2) is 0 Å². The lowest BCUT2D eigenvalue weighted by Gasteiger charge is -2.08. The van der Waals surface area contributed by atoms with Crippen molar-refractivity contribution in [2.24, 2.45) is 0 Å². The summed E-state index contributed by atoms with van der Waals surface area (Å²) < 4.78 is 40.8. The lowest BCUT2D eigenvalue weighted by molar-refractivity contribution is -0.0329. The molecule has 0 amide bonds. The second kappa shape index (κ2) is 6.47. The zero-order valence-electron chi connectivity index (χ0n) is 10.2. The minimum Gasteiger partial charge on any atom is -0.491 e. The molecule has 1 saturated carbocycles. The van der Waals surface area contributed by atoms with Gasteiger partial charge in [-0.2, -0.15) is 13.2 Å². The standard InChI is InChI=1S/C12H15F3N2OS/c13-12(14,15)19-6-5-18-11-4-3-10(17-8-11)7-16-9-1-2-9/h3-4,8-9,16H,1-2,5-7H2. The fourth-order valence-electron chi connectivity index (χ4n) is 1.45. The lowest BCUT2D eigenvalue weighted by Crippen LogP contribution is -2.16. The number of nitrogens with one attached hydrogen (secondary N) is 1. The van der Waals surface area contributed by atoms with E-state index in [4.69, 9.17) is 4.74 Å². The third-order valence-electron chi connectivity index (χ3n) is 2.56. The zero-order chi connectivity index (χ0) is 13.7. The van der Waals surface area contributed by atoms with Crippen molar-refractivity contribution >= 4 is 11.8 Å². The first-order valence-electron chi connectivity index (χ1n) is 6.05. The van der Waals surface area contributed by atoms with E-state index >= 15 is 0 Å². The van der Waals surface area contributed by atoms with Gasteiger partial charge in [0.25, 0.3) is 0 Å². The number of ether oxygens (including phenoxy) is 1. The largest absolute Gasteiger partial charge is 0.491 e. The number of thioether (sulfide) groups is 1. The van der Waals surface area contributed by atoms with Gasteiger partial charge in [-0.15, -0.1) is 0 Å². The molecule has 1 heterocycles. The highest BCUT2D eigenvalue weighted by atomic mass is 32.2. The van der Waals surface area contributed by atoms with E-state index in [1.54, 1.807) is 12.3 Å². The molecule has 2 rings (SSSR count). The van der Waals surface area contributed by atoms with Gasteiger partial charge in [-0.25, -0.2) is 0 Å². The number of rotatable bonds is 7. The van der Waals surface area contributed by atoms with E-state index in [0.29, 0.717) is 11.8 Å². The average molecular weight is 292 g/mol. The average Bonchev–Trinajstić information content (AvgIpc) is 3.16. The van der Waals surface area contributed by atoms with Crippen molar-refractivity contribution in [1.82, 2.24) is 10.3 Å². The van der Waals surface area contributed by atoms with Gasteiger partial charge in [-0.05, 0) is 36.7 Å². The summed E-state index contributed by atoms with van der Waals surface area (Å²) in [5.74, 6) is 0.382. The summed E-state index contributed by atoms with van der Waals surface area (Å²) in [5, 5.41) is 3.33. The van der Waals surface area contributed by atoms with Gasteiger partial charge in [0.2, 0.25) is 0 Å². The van der Waals surface area contributed by atoms with Crippen LogP contribution in [0.1, 0.15) is 18.5 Å². The molecule has 0 bridgehead atoms. The fourth-order valence-corrected chi connectivity index (χ4v) is 1.85. The van der Waals surface area contributed by atoms with Crippen LogP contribution in [0, 0.1) is 0 Å². The Morgan fingerprint density at radius 1 is 1.37 bits per heavy atom. The molecule has 0 aliphatic heterocycles. The molecule has 0 atom stereocenters. The molecular formula is C12H15F3N2OS. The van der Waals surface area contributed by atoms with Crippen LogP contribution in [0.15, 0.2) is 18.3 Å². The second-order valence-electron chi connectivity index (χ2n) is 4.28. The zero-order valence-corrected chi connectivity index (χ0v) is 11.1. The minimum absolute atomic E-state index is 0.0194. The lowest BCUT2D eigenvalue weighted by atomic mass is 10.3. The third-order valence-corrected chi connectivity index (χ3v) is 3.26. The summed E-state index contributed by atoms with van der Waals surface area (Å²) in [6.45, 7) is 0.737. The van der Waals surface area contributed by atoms with E-state index in [1.165, 1.54) is 12.8 Å². The molecule has 19 heavy (non-hydrogen) atoms. The number of pyridine rings is 1. The highest BCUT2D eigenvalue weighted by Gasteiger charge is 2.27. The first-order chi connectivity index (χ1) is 9.03. The number of hydrogen-bond donors (Lipinski definition) is 1. The smallest absolute Gasteiger partial charge is 0.441 e. The van der Waals surface area contributed by atoms with E-state index in [9.17, 15) is 13.2 Å². The van der Waals surface area contributed by atoms with Crippen molar-refractivity contribution in [3.8, 4) is 5.75 Å². The molecule has 3 nitrogen and oxygen atoms in total. The highest BCUT2D eigenvalue weighted by molar-refractivity contribution is 8.00. The predicted octanol–water partition coefficient (Wildman–Crippen LogP) is 2.97. The molecule has 7 heteroatoms. The van der Waals surface area contributed by atoms with Crippen LogP contribution in [0.3, 0.4) is 0 Å². The molecule has 0 aromatic carbocycles. The van der Waals surface area contributed by atoms with Crippen molar-refractivity contribution in [3.63, 3.8) is 0 Å². The van der Waals surface area contributed by atoms with Crippen molar-refractivity contribution in [2.75, 3.05) is 12.4 Å². The van der Waals surface area contributed by atoms with Gasteiger partial charge in [-0.1, -0.05) is 0 Å². The maximum Gasteiger partial charge on any atom is 0.441 e. The Kier molecular flexibility index (Phi) is 4.93. The fraction of sp³-hybridized carbons (Fsp3) is 0.583. The molecule has 1 fully saturated rings. The Labute approximate surface area is 113 Å². The van der Waals surface area contributed by atoms with Crippen LogP contribution in [-0.4, -0.2) is 28.9 Å². The van der Waals surface area contributed by atoms with Crippen LogP contribution in [0.2, 0.25) is 0 Å². The first kappa shape index (κ1) is 14.5. The molecule has 1 aromatic rings. The number of aromatic nitrogens is 1. The molecule has 0 radical (unpaired) electrons. The minimum atomic E-state index is -4.19. The Hall–Kier alpha value is -0.950. The molecule has 1 N–H and O–H groups in total. The topological polar surface area (TPSA) is 34.1 Å². The van der Waals surface area contributed by atoms with Crippen LogP contribution >= 0.6 is 11.8 Å². The van der Waals surface area contributed by atoms with Crippen LogP contribution < -0.4 is 10.1 Å². The summed E-state index contributed by atoms with van der Waals surface area (Å²) in [7, 11) is 0. The van der Waals surface area contributed by atoms with Crippen molar-refractivity contribution < 1.29 is 17.9 Å². The van der Waals surface area contributed by atoms with Gasteiger partial charge in [0.05, 0.1) is 18.5 Å². The number of nitrogens with zero attached hydrogens (tertiary/aromatic N) is 1. The van der Waals surface area contributed by atoms with E-state index in [-0.39, 0.29) is 24.1 Å². The Balaban J connectivity index is 1.66. The SMILES string of the molecule is FC(F)(F)SCCOc1ccc(CNC2CC2)nc1. The summed E-state index contributed by atoms with van der Waals surface area (Å²) in [5.41, 5.74) is -3.29. The van der Waals surface area contributed by atoms with Crippen LogP contribution in [0.25, 0.3) is 0 Å². The van der Waals surface area contributed by atoms with E-state index < -0.39 is 5.51 Å². The van der Waals surface area contributed by atoms with Crippen molar-refractivity contribution in [3.05, 3.63) is 24.0 Å². The van der Waals surface area contributed by atoms with Gasteiger partial charge >= 0.3 is 5.51 Å². The molecule has 0 saturated heterocycles. The van der Waals surface area contributed by atoms with Gasteiger partial charge in [-0.3, -0.25) is 4.98 Å². The maximum atomic E-state index is 11.9. The molecule has 1 aromatic heterocycles. The summed E-state index contributed by atoms with van der Waals surface area (Å²) in [6.07, 6.45) is 3.98. The second-order valence-corrected chi connectivity index (χ2v) is 5.44.